The van der Waals surface area contributed by atoms with Gasteiger partial charge in [-0.3, -0.25) is 0 Å². The lowest BCUT2D eigenvalue weighted by atomic mass is 10.1. The molecule has 3 heterocycles. The Hall–Kier alpha value is -6.59. The monoisotopic (exact) mass is 617 g/mol. The van der Waals surface area contributed by atoms with Gasteiger partial charge in [0.2, 0.25) is 5.89 Å². The lowest BCUT2D eigenvalue weighted by molar-refractivity contribution is 0.622. The molecule has 3 aromatic heterocycles. The Morgan fingerprint density at radius 3 is 1.98 bits per heavy atom. The number of furan rings is 1. The zero-order valence-electron chi connectivity index (χ0n) is 25.7. The molecule has 0 aliphatic rings. The molecule has 0 N–H and O–H groups in total. The van der Waals surface area contributed by atoms with E-state index in [4.69, 9.17) is 13.8 Å². The van der Waals surface area contributed by atoms with E-state index in [2.05, 4.69) is 119 Å². The molecule has 0 saturated carbocycles. The Labute approximate surface area is 275 Å². The van der Waals surface area contributed by atoms with E-state index in [1.54, 1.807) is 0 Å². The molecule has 0 amide bonds. The summed E-state index contributed by atoms with van der Waals surface area (Å²) in [6, 6.07) is 56.6. The summed E-state index contributed by atoms with van der Waals surface area (Å²) < 4.78 is 15.6. The number of para-hydroxylation sites is 4. The van der Waals surface area contributed by atoms with Crippen LogP contribution in [0.2, 0.25) is 0 Å². The molecule has 0 aliphatic carbocycles. The second kappa shape index (κ2) is 10.5. The normalized spacial score (nSPS) is 11.8. The van der Waals surface area contributed by atoms with Crippen molar-refractivity contribution in [3.05, 3.63) is 164 Å². The van der Waals surface area contributed by atoms with Gasteiger partial charge in [-0.05, 0) is 66.7 Å². The molecule has 226 valence electrons. The van der Waals surface area contributed by atoms with E-state index in [1.807, 2.05) is 54.6 Å². The minimum atomic E-state index is 0.578. The minimum Gasteiger partial charge on any atom is -0.454 e. The third-order valence-corrected chi connectivity index (χ3v) is 9.19. The van der Waals surface area contributed by atoms with E-state index < -0.39 is 0 Å². The van der Waals surface area contributed by atoms with Crippen molar-refractivity contribution < 1.29 is 8.83 Å². The number of aromatic nitrogens is 2. The molecule has 10 rings (SSSR count). The lowest BCUT2D eigenvalue weighted by Crippen LogP contribution is -2.10. The number of oxazole rings is 1. The fraction of sp³-hybridized carbons (Fsp3) is 0. The summed E-state index contributed by atoms with van der Waals surface area (Å²) in [7, 11) is 0. The standard InChI is InChI=1S/C43H27N3O2/c1-4-14-28(15-5-1)43-44-35-27-38(42-40(41(35)48-43)34-21-11-13-23-39(34)47-42)45(29-16-6-2-7-17-29)31-24-25-33-32-20-10-12-22-36(32)46(37(33)26-31)30-18-8-3-9-19-30/h1-27H. The number of anilines is 3. The Bertz CT molecular complexity index is 2780. The van der Waals surface area contributed by atoms with Gasteiger partial charge in [-0.25, -0.2) is 4.98 Å². The van der Waals surface area contributed by atoms with Crippen LogP contribution in [0.3, 0.4) is 0 Å². The number of hydrogen-bond acceptors (Lipinski definition) is 4. The van der Waals surface area contributed by atoms with Crippen molar-refractivity contribution in [2.45, 2.75) is 0 Å². The molecular formula is C43H27N3O2. The number of rotatable bonds is 5. The highest BCUT2D eigenvalue weighted by Crippen LogP contribution is 2.47. The van der Waals surface area contributed by atoms with E-state index in [0.29, 0.717) is 11.5 Å². The first-order valence-electron chi connectivity index (χ1n) is 16.1. The first-order chi connectivity index (χ1) is 23.8. The van der Waals surface area contributed by atoms with Crippen LogP contribution in [0.25, 0.3) is 72.0 Å². The molecule has 0 radical (unpaired) electrons. The van der Waals surface area contributed by atoms with Crippen LogP contribution in [-0.4, -0.2) is 9.55 Å². The number of nitrogens with zero attached hydrogens (tertiary/aromatic N) is 3. The van der Waals surface area contributed by atoms with Crippen LogP contribution < -0.4 is 4.90 Å². The first-order valence-corrected chi connectivity index (χ1v) is 16.1. The van der Waals surface area contributed by atoms with E-state index in [9.17, 15) is 0 Å². The van der Waals surface area contributed by atoms with E-state index in [0.717, 1.165) is 61.3 Å². The molecular weight excluding hydrogens is 590 g/mol. The van der Waals surface area contributed by atoms with Crippen molar-refractivity contribution in [3.8, 4) is 17.1 Å². The van der Waals surface area contributed by atoms with Crippen LogP contribution in [0.4, 0.5) is 17.1 Å². The predicted molar refractivity (Wildman–Crippen MR) is 196 cm³/mol. The van der Waals surface area contributed by atoms with Gasteiger partial charge < -0.3 is 18.3 Å². The van der Waals surface area contributed by atoms with Gasteiger partial charge in [-0.1, -0.05) is 97.1 Å². The van der Waals surface area contributed by atoms with Crippen LogP contribution in [0.15, 0.2) is 173 Å². The van der Waals surface area contributed by atoms with E-state index in [1.165, 1.54) is 16.3 Å². The molecule has 0 aliphatic heterocycles. The summed E-state index contributed by atoms with van der Waals surface area (Å²) in [6.07, 6.45) is 0. The van der Waals surface area contributed by atoms with Crippen LogP contribution >= 0.6 is 0 Å². The molecule has 48 heavy (non-hydrogen) atoms. The number of benzene rings is 7. The van der Waals surface area contributed by atoms with Gasteiger partial charge in [-0.15, -0.1) is 0 Å². The van der Waals surface area contributed by atoms with Gasteiger partial charge in [0.25, 0.3) is 0 Å². The molecule has 0 bridgehead atoms. The molecule has 7 aromatic carbocycles. The second-order valence-electron chi connectivity index (χ2n) is 12.0. The number of fused-ring (bicyclic) bond motifs is 8. The van der Waals surface area contributed by atoms with Gasteiger partial charge >= 0.3 is 0 Å². The van der Waals surface area contributed by atoms with Crippen LogP contribution in [0.5, 0.6) is 0 Å². The maximum absolute atomic E-state index is 6.72. The van der Waals surface area contributed by atoms with Crippen LogP contribution in [0.1, 0.15) is 0 Å². The minimum absolute atomic E-state index is 0.578. The highest BCUT2D eigenvalue weighted by atomic mass is 16.4. The van der Waals surface area contributed by atoms with Crippen molar-refractivity contribution in [2.24, 2.45) is 0 Å². The largest absolute Gasteiger partial charge is 0.454 e. The van der Waals surface area contributed by atoms with Gasteiger partial charge in [0, 0.05) is 38.8 Å². The average molecular weight is 618 g/mol. The molecule has 0 atom stereocenters. The van der Waals surface area contributed by atoms with Crippen molar-refractivity contribution in [1.82, 2.24) is 9.55 Å². The quantitative estimate of drug-likeness (QED) is 0.193. The van der Waals surface area contributed by atoms with Crippen molar-refractivity contribution in [2.75, 3.05) is 4.90 Å². The summed E-state index contributed by atoms with van der Waals surface area (Å²) >= 11 is 0. The summed E-state index contributed by atoms with van der Waals surface area (Å²) in [5.41, 5.74) is 10.2. The van der Waals surface area contributed by atoms with Gasteiger partial charge in [0.05, 0.1) is 22.1 Å². The zero-order chi connectivity index (χ0) is 31.6. The maximum atomic E-state index is 6.72. The number of hydrogen-bond donors (Lipinski definition) is 0. The van der Waals surface area contributed by atoms with Gasteiger partial charge in [0.1, 0.15) is 11.1 Å². The molecule has 5 heteroatoms. The highest BCUT2D eigenvalue weighted by molar-refractivity contribution is 6.21. The second-order valence-corrected chi connectivity index (χ2v) is 12.0. The topological polar surface area (TPSA) is 47.3 Å². The van der Waals surface area contributed by atoms with Crippen LogP contribution in [0, 0.1) is 0 Å². The van der Waals surface area contributed by atoms with Crippen LogP contribution in [-0.2, 0) is 0 Å². The fourth-order valence-corrected chi connectivity index (χ4v) is 7.08. The smallest absolute Gasteiger partial charge is 0.227 e. The average Bonchev–Trinajstić information content (AvgIpc) is 3.85. The maximum Gasteiger partial charge on any atom is 0.227 e. The Kier molecular flexibility index (Phi) is 5.81. The Morgan fingerprint density at radius 2 is 1.17 bits per heavy atom. The third kappa shape index (κ3) is 4.01. The van der Waals surface area contributed by atoms with Gasteiger partial charge in [-0.2, -0.15) is 0 Å². The zero-order valence-corrected chi connectivity index (χ0v) is 25.7. The molecule has 0 spiro atoms. The Morgan fingerprint density at radius 1 is 0.500 bits per heavy atom. The summed E-state index contributed by atoms with van der Waals surface area (Å²) in [4.78, 5) is 7.31. The summed E-state index contributed by atoms with van der Waals surface area (Å²) in [6.45, 7) is 0. The molecule has 0 fully saturated rings. The first kappa shape index (κ1) is 26.6. The van der Waals surface area contributed by atoms with E-state index in [-0.39, 0.29) is 0 Å². The predicted octanol–water partition coefficient (Wildman–Crippen LogP) is 12.0. The summed E-state index contributed by atoms with van der Waals surface area (Å²) in [5, 5.41) is 4.31. The molecule has 10 aromatic rings. The van der Waals surface area contributed by atoms with E-state index >= 15 is 0 Å². The Balaban J connectivity index is 1.29. The van der Waals surface area contributed by atoms with Crippen molar-refractivity contribution in [3.63, 3.8) is 0 Å². The SMILES string of the molecule is c1ccc(-c2nc3cc(N(c4ccccc4)c4ccc5c6ccccc6n(-c6ccccc6)c5c4)c4oc5ccccc5c4c3o2)cc1. The van der Waals surface area contributed by atoms with Gasteiger partial charge in [0.15, 0.2) is 11.2 Å². The molecule has 0 saturated heterocycles. The third-order valence-electron chi connectivity index (χ3n) is 9.19. The van der Waals surface area contributed by atoms with Crippen molar-refractivity contribution in [1.29, 1.82) is 0 Å². The highest BCUT2D eigenvalue weighted by Gasteiger charge is 2.25. The summed E-state index contributed by atoms with van der Waals surface area (Å²) in [5.74, 6) is 0.578. The van der Waals surface area contributed by atoms with Crippen molar-refractivity contribution >= 4 is 71.9 Å². The fourth-order valence-electron chi connectivity index (χ4n) is 7.08. The lowest BCUT2D eigenvalue weighted by Gasteiger charge is -2.25. The molecule has 5 nitrogen and oxygen atoms in total. The molecule has 0 unspecified atom stereocenters.